The number of hydrogen-bond donors (Lipinski definition) is 0. The molecule has 0 fully saturated rings. The molecule has 1 aliphatic heterocycles. The fraction of sp³-hybridized carbons (Fsp3) is 0.188. The van der Waals surface area contributed by atoms with Crippen LogP contribution in [0.2, 0.25) is 0 Å². The molecule has 0 saturated carbocycles. The molecular formula is C16H16NOP. The molecule has 2 aromatic rings. The van der Waals surface area contributed by atoms with E-state index < -0.39 is 7.14 Å². The number of hydrogen-bond acceptors (Lipinski definition) is 2. The van der Waals surface area contributed by atoms with Crippen molar-refractivity contribution in [2.75, 3.05) is 0 Å². The van der Waals surface area contributed by atoms with Gasteiger partial charge in [0.15, 0.2) is 7.14 Å². The summed E-state index contributed by atoms with van der Waals surface area (Å²) in [5, 5.41) is 1.80. The summed E-state index contributed by atoms with van der Waals surface area (Å²) >= 11 is 0. The zero-order valence-corrected chi connectivity index (χ0v) is 11.8. The molecule has 1 heterocycles. The zero-order chi connectivity index (χ0) is 13.3. The summed E-state index contributed by atoms with van der Waals surface area (Å²) in [6.45, 7) is 2.07. The summed E-state index contributed by atoms with van der Waals surface area (Å²) in [6.07, 6.45) is 0.883. The Morgan fingerprint density at radius 3 is 1.79 bits per heavy atom. The number of rotatable bonds is 4. The maximum Gasteiger partial charge on any atom is 0.172 e. The summed E-state index contributed by atoms with van der Waals surface area (Å²) in [5.41, 5.74) is 1.08. The van der Waals surface area contributed by atoms with Crippen molar-refractivity contribution in [3.05, 3.63) is 60.7 Å². The van der Waals surface area contributed by atoms with Crippen molar-refractivity contribution in [2.24, 2.45) is 4.99 Å². The molecule has 2 aromatic carbocycles. The molecule has 96 valence electrons. The van der Waals surface area contributed by atoms with E-state index in [1.165, 1.54) is 0 Å². The van der Waals surface area contributed by atoms with E-state index in [4.69, 9.17) is 0 Å². The van der Waals surface area contributed by atoms with Gasteiger partial charge in [-0.25, -0.2) is 0 Å². The van der Waals surface area contributed by atoms with Crippen molar-refractivity contribution in [3.8, 4) is 0 Å². The molecule has 0 bridgehead atoms. The Morgan fingerprint density at radius 2 is 1.42 bits per heavy atom. The van der Waals surface area contributed by atoms with Crippen molar-refractivity contribution in [1.82, 2.24) is 0 Å². The van der Waals surface area contributed by atoms with Gasteiger partial charge in [-0.2, -0.15) is 0 Å². The highest BCUT2D eigenvalue weighted by Crippen LogP contribution is 2.54. The van der Waals surface area contributed by atoms with Crippen LogP contribution in [0.3, 0.4) is 0 Å². The molecule has 0 N–H and O–H groups in total. The lowest BCUT2D eigenvalue weighted by Crippen LogP contribution is -2.21. The first-order valence-corrected chi connectivity index (χ1v) is 8.32. The van der Waals surface area contributed by atoms with Crippen LogP contribution in [-0.4, -0.2) is 11.5 Å². The number of nitrogens with zero attached hydrogens (tertiary/aromatic N) is 1. The Bertz CT molecular complexity index is 605. The van der Waals surface area contributed by atoms with E-state index in [1.54, 1.807) is 0 Å². The maximum absolute atomic E-state index is 13.6. The third kappa shape index (κ3) is 2.06. The van der Waals surface area contributed by atoms with Crippen LogP contribution in [0.25, 0.3) is 0 Å². The summed E-state index contributed by atoms with van der Waals surface area (Å²) in [7, 11) is -2.66. The van der Waals surface area contributed by atoms with Gasteiger partial charge in [0, 0.05) is 16.3 Å². The topological polar surface area (TPSA) is 29.4 Å². The van der Waals surface area contributed by atoms with Crippen LogP contribution < -0.4 is 10.6 Å². The minimum atomic E-state index is -2.66. The average Bonchev–Trinajstić information content (AvgIpc) is 3.28. The molecule has 2 nitrogen and oxygen atoms in total. The Balaban J connectivity index is 2.10. The quantitative estimate of drug-likeness (QED) is 0.784. The van der Waals surface area contributed by atoms with Crippen LogP contribution in [0.4, 0.5) is 0 Å². The van der Waals surface area contributed by atoms with Gasteiger partial charge >= 0.3 is 0 Å². The van der Waals surface area contributed by atoms with Crippen molar-refractivity contribution in [2.45, 2.75) is 19.1 Å². The van der Waals surface area contributed by atoms with Gasteiger partial charge in [0.2, 0.25) is 0 Å². The van der Waals surface area contributed by atoms with Crippen LogP contribution in [0.1, 0.15) is 13.3 Å². The highest BCUT2D eigenvalue weighted by atomic mass is 31.2. The van der Waals surface area contributed by atoms with Gasteiger partial charge in [-0.1, -0.05) is 67.6 Å². The summed E-state index contributed by atoms with van der Waals surface area (Å²) in [5.74, 6) is -0.109. The first-order chi connectivity index (χ1) is 9.26. The molecule has 0 aliphatic carbocycles. The lowest BCUT2D eigenvalue weighted by atomic mass is 10.4. The van der Waals surface area contributed by atoms with E-state index in [1.807, 2.05) is 60.7 Å². The minimum Gasteiger partial charge on any atom is -0.311 e. The SMILES string of the molecule is CCC1=N[C@@H]1P(=O)(c1ccccc1)c1ccccc1. The average molecular weight is 269 g/mol. The standard InChI is InChI=1S/C16H16NOP/c1-2-15-16(17-15)19(18,13-9-5-3-6-10-13)14-11-7-4-8-12-14/h3-12,16H,2H2,1H3/t16-/m1/s1. The van der Waals surface area contributed by atoms with E-state index in [9.17, 15) is 4.57 Å². The Labute approximate surface area is 113 Å². The largest absolute Gasteiger partial charge is 0.311 e. The number of aliphatic imine (C=N–C) groups is 1. The summed E-state index contributed by atoms with van der Waals surface area (Å²) in [6, 6.07) is 19.5. The second-order valence-corrected chi connectivity index (χ2v) is 7.51. The highest BCUT2D eigenvalue weighted by molar-refractivity contribution is 7.80. The van der Waals surface area contributed by atoms with Crippen LogP contribution >= 0.6 is 7.14 Å². The molecule has 3 rings (SSSR count). The molecule has 0 spiro atoms. The first kappa shape index (κ1) is 12.4. The lowest BCUT2D eigenvalue weighted by molar-refractivity contribution is 0.586. The molecule has 3 heteroatoms. The smallest absolute Gasteiger partial charge is 0.172 e. The number of benzene rings is 2. The molecule has 0 saturated heterocycles. The fourth-order valence-corrected chi connectivity index (χ4v) is 5.42. The van der Waals surface area contributed by atoms with E-state index >= 15 is 0 Å². The van der Waals surface area contributed by atoms with Crippen molar-refractivity contribution < 1.29 is 4.57 Å². The van der Waals surface area contributed by atoms with Crippen molar-refractivity contribution in [1.29, 1.82) is 0 Å². The van der Waals surface area contributed by atoms with Crippen LogP contribution in [0, 0.1) is 0 Å². The van der Waals surface area contributed by atoms with E-state index in [0.717, 1.165) is 22.7 Å². The summed E-state index contributed by atoms with van der Waals surface area (Å²) in [4.78, 5) is 4.45. The van der Waals surface area contributed by atoms with Gasteiger partial charge in [-0.15, -0.1) is 0 Å². The second kappa shape index (κ2) is 4.79. The van der Waals surface area contributed by atoms with E-state index in [-0.39, 0.29) is 5.78 Å². The van der Waals surface area contributed by atoms with Crippen LogP contribution in [0.5, 0.6) is 0 Å². The normalized spacial score (nSPS) is 17.9. The molecule has 0 radical (unpaired) electrons. The van der Waals surface area contributed by atoms with Gasteiger partial charge in [0.05, 0.1) is 0 Å². The van der Waals surface area contributed by atoms with Gasteiger partial charge in [-0.05, 0) is 6.42 Å². The molecule has 19 heavy (non-hydrogen) atoms. The van der Waals surface area contributed by atoms with Crippen molar-refractivity contribution in [3.63, 3.8) is 0 Å². The molecule has 1 atom stereocenters. The van der Waals surface area contributed by atoms with Gasteiger partial charge in [0.1, 0.15) is 5.78 Å². The van der Waals surface area contributed by atoms with Gasteiger partial charge < -0.3 is 4.57 Å². The predicted octanol–water partition coefficient (Wildman–Crippen LogP) is 3.19. The zero-order valence-electron chi connectivity index (χ0n) is 10.9. The Hall–Kier alpha value is -1.66. The maximum atomic E-state index is 13.6. The molecule has 0 unspecified atom stereocenters. The fourth-order valence-electron chi connectivity index (χ4n) is 2.42. The molecule has 0 aromatic heterocycles. The van der Waals surface area contributed by atoms with Gasteiger partial charge in [-0.3, -0.25) is 4.99 Å². The third-order valence-electron chi connectivity index (χ3n) is 3.50. The first-order valence-electron chi connectivity index (χ1n) is 6.54. The lowest BCUT2D eigenvalue weighted by Gasteiger charge is -2.18. The molecule has 1 aliphatic rings. The van der Waals surface area contributed by atoms with Crippen LogP contribution in [-0.2, 0) is 4.57 Å². The third-order valence-corrected chi connectivity index (χ3v) is 6.74. The predicted molar refractivity (Wildman–Crippen MR) is 81.3 cm³/mol. The van der Waals surface area contributed by atoms with Crippen molar-refractivity contribution >= 4 is 23.5 Å². The monoisotopic (exact) mass is 269 g/mol. The highest BCUT2D eigenvalue weighted by Gasteiger charge is 2.45. The van der Waals surface area contributed by atoms with Crippen LogP contribution in [0.15, 0.2) is 65.7 Å². The Morgan fingerprint density at radius 1 is 0.947 bits per heavy atom. The van der Waals surface area contributed by atoms with E-state index in [0.29, 0.717) is 0 Å². The van der Waals surface area contributed by atoms with E-state index in [2.05, 4.69) is 11.9 Å². The van der Waals surface area contributed by atoms with Gasteiger partial charge in [0.25, 0.3) is 0 Å². The molecule has 0 amide bonds. The summed E-state index contributed by atoms with van der Waals surface area (Å²) < 4.78 is 13.6. The second-order valence-electron chi connectivity index (χ2n) is 4.68. The minimum absolute atomic E-state index is 0.109. The Kier molecular flexibility index (Phi) is 3.12. The molecular weight excluding hydrogens is 253 g/mol.